The van der Waals surface area contributed by atoms with Gasteiger partial charge in [0, 0.05) is 157 Å². The third-order valence-corrected chi connectivity index (χ3v) is 30.3. The Labute approximate surface area is 736 Å². The number of nitrogens with zero attached hydrogens (tertiary/aromatic N) is 9. The second kappa shape index (κ2) is 28.5. The molecule has 3 saturated heterocycles. The van der Waals surface area contributed by atoms with E-state index in [1.54, 1.807) is 105 Å². The van der Waals surface area contributed by atoms with Crippen LogP contribution in [0.25, 0.3) is 32.7 Å². The number of fused-ring (bicyclic) bond motifs is 21. The molecular formula is C93H75Cl6F3N12O10. The highest BCUT2D eigenvalue weighted by Crippen LogP contribution is 2.69. The summed E-state index contributed by atoms with van der Waals surface area (Å²) in [7, 11) is 1.44. The predicted octanol–water partition coefficient (Wildman–Crippen LogP) is 18.6. The SMILES string of the molecule is COc1cc2c3n(nc2cc1C(=O)O)C1[C@H](C3)N(CC2CC2)[C@@]2(C(=O)Nc3cc(Cl)ccc32)[C@H]1c1cccc(Cl)c1F.Cc1c(C(=O)O)ccc2c3n(nc12)C1[C@H](C3)N(CC2CC2)[C@@]2(C(=O)Nc3cc(Cl)ccc32)[C@H]1c1cccc(Cl)c1F.Cc1cc2c3n(nc2cc1C(=O)O)C1[C@H](C3)N(CC2CC2)[C@@]2(C(=O)Nc3cc(Cl)ccc32)[C@H]1c1cccc(Cl)c1F. The molecule has 3 aliphatic carbocycles. The van der Waals surface area contributed by atoms with E-state index in [1.807, 2.05) is 44.4 Å². The fourth-order valence-electron chi connectivity index (χ4n) is 23.2. The van der Waals surface area contributed by atoms with E-state index in [0.29, 0.717) is 133 Å². The Hall–Kier alpha value is -10.6. The number of carbonyl (C=O) groups is 6. The number of aromatic nitrogens is 6. The fraction of sp³-hybridized carbons (Fsp3) is 0.323. The molecule has 6 fully saturated rings. The number of carbonyl (C=O) groups excluding carboxylic acids is 3. The molecule has 12 aromatic rings. The van der Waals surface area contributed by atoms with Gasteiger partial charge in [-0.3, -0.25) is 43.1 Å². The third kappa shape index (κ3) is 11.3. The second-order valence-electron chi connectivity index (χ2n) is 35.1. The number of likely N-dealkylation sites (tertiary alicyclic amines) is 3. The number of anilines is 3. The summed E-state index contributed by atoms with van der Waals surface area (Å²) in [6.07, 6.45) is 8.20. The van der Waals surface area contributed by atoms with Gasteiger partial charge in [0.25, 0.3) is 0 Å². The molecule has 124 heavy (non-hydrogen) atoms. The molecule has 3 amide bonds. The number of amides is 3. The van der Waals surface area contributed by atoms with Gasteiger partial charge in [-0.1, -0.05) is 130 Å². The zero-order valence-electron chi connectivity index (χ0n) is 66.4. The summed E-state index contributed by atoms with van der Waals surface area (Å²) in [5, 5.41) is 57.4. The van der Waals surface area contributed by atoms with Crippen LogP contribution in [-0.4, -0.2) is 140 Å². The van der Waals surface area contributed by atoms with E-state index < -0.39 is 87.9 Å². The molecule has 31 heteroatoms. The van der Waals surface area contributed by atoms with E-state index in [2.05, 4.69) is 30.7 Å². The minimum absolute atomic E-state index is 0.00429. The summed E-state index contributed by atoms with van der Waals surface area (Å²) in [5.74, 6) is -5.91. The molecule has 12 aliphatic rings. The maximum Gasteiger partial charge on any atom is 0.339 e. The van der Waals surface area contributed by atoms with Crippen LogP contribution in [0.4, 0.5) is 30.2 Å². The molecule has 3 spiro atoms. The van der Waals surface area contributed by atoms with Crippen molar-refractivity contribution in [3.63, 3.8) is 0 Å². The molecule has 9 aromatic carbocycles. The van der Waals surface area contributed by atoms with Crippen molar-refractivity contribution in [2.24, 2.45) is 17.8 Å². The Balaban J connectivity index is 0.000000111. The van der Waals surface area contributed by atoms with E-state index in [9.17, 15) is 44.1 Å². The number of hydrogen-bond acceptors (Lipinski definition) is 13. The molecule has 0 radical (unpaired) electrons. The Kier molecular flexibility index (Phi) is 18.2. The number of nitrogens with one attached hydrogen (secondary N) is 3. The summed E-state index contributed by atoms with van der Waals surface area (Å²) < 4.78 is 59.5. The van der Waals surface area contributed by atoms with Crippen LogP contribution in [0.3, 0.4) is 0 Å². The van der Waals surface area contributed by atoms with Gasteiger partial charge >= 0.3 is 17.9 Å². The van der Waals surface area contributed by atoms with Gasteiger partial charge in [0.15, 0.2) is 0 Å². The highest BCUT2D eigenvalue weighted by Gasteiger charge is 2.74. The van der Waals surface area contributed by atoms with Crippen LogP contribution in [-0.2, 0) is 50.3 Å². The molecule has 0 bridgehead atoms. The van der Waals surface area contributed by atoms with Gasteiger partial charge in [0.2, 0.25) is 17.7 Å². The first-order valence-electron chi connectivity index (χ1n) is 41.4. The van der Waals surface area contributed by atoms with Crippen LogP contribution in [0.2, 0.25) is 30.1 Å². The first-order valence-corrected chi connectivity index (χ1v) is 43.7. The molecule has 3 aromatic heterocycles. The maximum atomic E-state index is 16.1. The number of hydrogen-bond donors (Lipinski definition) is 6. The van der Waals surface area contributed by atoms with Crippen molar-refractivity contribution in [1.29, 1.82) is 0 Å². The first-order chi connectivity index (χ1) is 59.6. The standard InChI is InChI=1S/C31H25Cl2FN4O4.2C31H25Cl2FN4O3/c1-42-25-11-17-21(10-18(25)29(39)40)36-38-23(17)12-24-28(38)26(16-3-2-4-20(33)27(16)34)31(37(24)13-14-5-6-14)19-8-7-15(32)9-22(19)35-30(31)41;1-14-17(29(39)40)8-9-18-23-12-24-28(38(23)36-27(14)18)25(19-3-2-4-21(33)26(19)34)31(37(24)13-15-5-6-15)20-10-7-16(32)11-22(20)35-30(31)41;1-14-9-19-22(11-18(14)29(39)40)36-38-24(19)12-25-28(38)26(17-3-2-4-21(33)27(17)34)31(37(25)13-15-5-6-15)20-8-7-16(32)10-23(20)35-30(31)41/h2-4,7-11,14,24,26,28H,5-6,12-13H2,1H3,(H,35,41)(H,39,40);2-4,7-11,15,24-25,28H,5-6,12-13H2,1H3,(H,35,41)(H,39,40);2-4,7-11,15,25-26,28H,5-6,12-13H2,1H3,(H,35,41)(H,39,40)/t24-,26-,28?,31+;24-,25-,28?,31+;25-,26-,28?,31+/m000/s1. The number of rotatable bonds is 13. The maximum absolute atomic E-state index is 16.1. The monoisotopic (exact) mass is 1790 g/mol. The lowest BCUT2D eigenvalue weighted by Gasteiger charge is -2.40. The number of halogens is 9. The zero-order valence-corrected chi connectivity index (χ0v) is 70.9. The number of benzene rings is 9. The van der Waals surface area contributed by atoms with Crippen molar-refractivity contribution < 1.29 is 62.0 Å². The third-order valence-electron chi connectivity index (χ3n) is 28.7. The van der Waals surface area contributed by atoms with Crippen LogP contribution in [0, 0.1) is 49.1 Å². The van der Waals surface area contributed by atoms with Crippen molar-refractivity contribution in [1.82, 2.24) is 44.0 Å². The predicted molar refractivity (Wildman–Crippen MR) is 462 cm³/mol. The topological polar surface area (TPSA) is 272 Å². The van der Waals surface area contributed by atoms with Crippen molar-refractivity contribution in [2.45, 2.75) is 142 Å². The lowest BCUT2D eigenvalue weighted by molar-refractivity contribution is -0.128. The second-order valence-corrected chi connectivity index (χ2v) is 37.7. The van der Waals surface area contributed by atoms with E-state index in [1.165, 1.54) is 31.4 Å². The van der Waals surface area contributed by atoms with Gasteiger partial charge in [-0.15, -0.1) is 0 Å². The summed E-state index contributed by atoms with van der Waals surface area (Å²) in [5.41, 5.74) is 7.74. The summed E-state index contributed by atoms with van der Waals surface area (Å²) >= 11 is 38.2. The average Bonchev–Trinajstić information content (AvgIpc) is 1.51. The van der Waals surface area contributed by atoms with Crippen molar-refractivity contribution in [3.05, 3.63) is 271 Å². The van der Waals surface area contributed by atoms with E-state index in [4.69, 9.17) is 89.6 Å². The molecule has 3 saturated carbocycles. The Morgan fingerprint density at radius 2 is 0.798 bits per heavy atom. The highest BCUT2D eigenvalue weighted by molar-refractivity contribution is 6.33. The van der Waals surface area contributed by atoms with Gasteiger partial charge in [0.1, 0.15) is 45.4 Å². The molecule has 9 aliphatic heterocycles. The van der Waals surface area contributed by atoms with Gasteiger partial charge in [-0.2, -0.15) is 15.3 Å². The summed E-state index contributed by atoms with van der Waals surface area (Å²) in [6, 6.07) is 39.5. The van der Waals surface area contributed by atoms with Crippen LogP contribution in [0.1, 0.15) is 167 Å². The summed E-state index contributed by atoms with van der Waals surface area (Å²) in [4.78, 5) is 85.8. The number of aromatic carboxylic acids is 3. The Morgan fingerprint density at radius 1 is 0.444 bits per heavy atom. The van der Waals surface area contributed by atoms with Gasteiger partial charge in [-0.05, 0) is 183 Å². The first kappa shape index (κ1) is 79.3. The minimum atomic E-state index is -1.23. The molecule has 3 unspecified atom stereocenters. The molecule has 22 nitrogen and oxygen atoms in total. The van der Waals surface area contributed by atoms with Gasteiger partial charge in [0.05, 0.1) is 68.0 Å². The molecule has 12 atom stereocenters. The van der Waals surface area contributed by atoms with Crippen molar-refractivity contribution >= 4 is 155 Å². The van der Waals surface area contributed by atoms with E-state index in [0.717, 1.165) is 88.5 Å². The average molecular weight is 1790 g/mol. The van der Waals surface area contributed by atoms with E-state index in [-0.39, 0.29) is 73.4 Å². The lowest BCUT2D eigenvalue weighted by atomic mass is 9.73. The number of carboxylic acid groups (broad SMARTS) is 3. The molecule has 630 valence electrons. The summed E-state index contributed by atoms with van der Waals surface area (Å²) in [6.45, 7) is 5.61. The number of carboxylic acids is 3. The van der Waals surface area contributed by atoms with Crippen LogP contribution >= 0.6 is 69.6 Å². The van der Waals surface area contributed by atoms with Crippen molar-refractivity contribution in [3.8, 4) is 5.75 Å². The largest absolute Gasteiger partial charge is 0.496 e. The fourth-order valence-corrected chi connectivity index (χ4v) is 24.3. The van der Waals surface area contributed by atoms with Gasteiger partial charge < -0.3 is 36.0 Å². The van der Waals surface area contributed by atoms with Crippen LogP contribution in [0.5, 0.6) is 5.75 Å². The Bertz CT molecular complexity index is 6760. The Morgan fingerprint density at radius 3 is 1.16 bits per heavy atom. The molecule has 6 N–H and O–H groups in total. The normalized spacial score (nSPS) is 26.3. The zero-order chi connectivity index (χ0) is 85.8. The number of methoxy groups -OCH3 is 1. The molecule has 24 rings (SSSR count). The highest BCUT2D eigenvalue weighted by atomic mass is 35.5. The van der Waals surface area contributed by atoms with Crippen LogP contribution in [0.15, 0.2) is 146 Å². The smallest absolute Gasteiger partial charge is 0.339 e. The van der Waals surface area contributed by atoms with Gasteiger partial charge in [-0.25, -0.2) is 27.6 Å². The van der Waals surface area contributed by atoms with Crippen molar-refractivity contribution in [2.75, 3.05) is 42.7 Å². The molecule has 12 heterocycles. The number of aryl methyl sites for hydroxylation is 2. The lowest BCUT2D eigenvalue weighted by Crippen LogP contribution is -2.53. The van der Waals surface area contributed by atoms with Crippen LogP contribution < -0.4 is 20.7 Å². The minimum Gasteiger partial charge on any atom is -0.496 e. The number of ether oxygens (including phenoxy) is 1. The molecular weight excluding hydrogens is 1710 g/mol. The van der Waals surface area contributed by atoms with E-state index >= 15 is 13.2 Å². The quantitative estimate of drug-likeness (QED) is 0.0626.